The Labute approximate surface area is 131 Å². The topological polar surface area (TPSA) is 46.5 Å². The van der Waals surface area contributed by atoms with Crippen LogP contribution >= 0.6 is 0 Å². The molecule has 2 aromatic rings. The number of aromatic hydroxyl groups is 1. The molecule has 1 N–H and O–H groups in total. The highest BCUT2D eigenvalue weighted by atomic mass is 16.5. The second kappa shape index (κ2) is 7.12. The zero-order valence-corrected chi connectivity index (χ0v) is 13.2. The van der Waals surface area contributed by atoms with Crippen LogP contribution in [0.25, 0.3) is 0 Å². The largest absolute Gasteiger partial charge is 0.508 e. The predicted molar refractivity (Wildman–Crippen MR) is 87.1 cm³/mol. The highest BCUT2D eigenvalue weighted by Crippen LogP contribution is 2.22. The molecular formula is C19H22O3. The Bertz CT molecular complexity index is 612. The van der Waals surface area contributed by atoms with E-state index in [0.717, 1.165) is 12.0 Å². The first kappa shape index (κ1) is 16.1. The summed E-state index contributed by atoms with van der Waals surface area (Å²) in [6, 6.07) is 14.2. The van der Waals surface area contributed by atoms with E-state index in [-0.39, 0.29) is 17.6 Å². The molecule has 0 bridgehead atoms. The highest BCUT2D eigenvalue weighted by Gasteiger charge is 2.17. The third-order valence-electron chi connectivity index (χ3n) is 3.53. The van der Waals surface area contributed by atoms with Crippen LogP contribution in [0.3, 0.4) is 0 Å². The quantitative estimate of drug-likeness (QED) is 0.661. The summed E-state index contributed by atoms with van der Waals surface area (Å²) >= 11 is 0. The first-order valence-electron chi connectivity index (χ1n) is 7.55. The SMILES string of the molecule is CC(C)Cc1ccc(C(C)C(=O)Oc2ccc(O)cc2)cc1. The molecule has 0 aliphatic carbocycles. The van der Waals surface area contributed by atoms with Crippen LogP contribution in [0, 0.1) is 5.92 Å². The third-order valence-corrected chi connectivity index (χ3v) is 3.53. The van der Waals surface area contributed by atoms with Crippen LogP contribution in [0.5, 0.6) is 11.5 Å². The maximum atomic E-state index is 12.2. The monoisotopic (exact) mass is 298 g/mol. The summed E-state index contributed by atoms with van der Waals surface area (Å²) in [6.07, 6.45) is 1.03. The minimum Gasteiger partial charge on any atom is -0.508 e. The van der Waals surface area contributed by atoms with Crippen LogP contribution in [-0.4, -0.2) is 11.1 Å². The highest BCUT2D eigenvalue weighted by molar-refractivity contribution is 5.79. The lowest BCUT2D eigenvalue weighted by Crippen LogP contribution is -2.16. The van der Waals surface area contributed by atoms with Gasteiger partial charge < -0.3 is 9.84 Å². The van der Waals surface area contributed by atoms with Crippen molar-refractivity contribution in [1.82, 2.24) is 0 Å². The van der Waals surface area contributed by atoms with Gasteiger partial charge in [0.15, 0.2) is 0 Å². The number of carbonyl (C=O) groups is 1. The van der Waals surface area contributed by atoms with Crippen LogP contribution in [0.1, 0.15) is 37.8 Å². The Kier molecular flexibility index (Phi) is 5.21. The summed E-state index contributed by atoms with van der Waals surface area (Å²) in [4.78, 5) is 12.2. The van der Waals surface area contributed by atoms with Gasteiger partial charge in [0.25, 0.3) is 0 Å². The fraction of sp³-hybridized carbons (Fsp3) is 0.316. The van der Waals surface area contributed by atoms with E-state index in [4.69, 9.17) is 4.74 Å². The molecule has 3 heteroatoms. The number of hydrogen-bond acceptors (Lipinski definition) is 3. The summed E-state index contributed by atoms with van der Waals surface area (Å²) in [6.45, 7) is 6.21. The fourth-order valence-corrected chi connectivity index (χ4v) is 2.27. The normalized spacial score (nSPS) is 12.2. The summed E-state index contributed by atoms with van der Waals surface area (Å²) < 4.78 is 5.33. The van der Waals surface area contributed by atoms with Crippen LogP contribution in [0.2, 0.25) is 0 Å². The van der Waals surface area contributed by atoms with Crippen molar-refractivity contribution in [3.8, 4) is 11.5 Å². The van der Waals surface area contributed by atoms with Gasteiger partial charge in [-0.1, -0.05) is 38.1 Å². The zero-order chi connectivity index (χ0) is 16.1. The van der Waals surface area contributed by atoms with Crippen molar-refractivity contribution in [2.45, 2.75) is 33.1 Å². The second-order valence-electron chi connectivity index (χ2n) is 5.98. The Balaban J connectivity index is 2.02. The van der Waals surface area contributed by atoms with Crippen molar-refractivity contribution in [1.29, 1.82) is 0 Å². The fourth-order valence-electron chi connectivity index (χ4n) is 2.27. The lowest BCUT2D eigenvalue weighted by Gasteiger charge is -2.13. The molecule has 0 heterocycles. The average Bonchev–Trinajstić information content (AvgIpc) is 2.49. The van der Waals surface area contributed by atoms with E-state index in [9.17, 15) is 9.90 Å². The standard InChI is InChI=1S/C19H22O3/c1-13(2)12-15-4-6-16(7-5-15)14(3)19(21)22-18-10-8-17(20)9-11-18/h4-11,13-14,20H,12H2,1-3H3. The van der Waals surface area contributed by atoms with Crippen molar-refractivity contribution < 1.29 is 14.6 Å². The number of carbonyl (C=O) groups excluding carboxylic acids is 1. The number of rotatable bonds is 5. The molecule has 0 radical (unpaired) electrons. The van der Waals surface area contributed by atoms with E-state index < -0.39 is 0 Å². The van der Waals surface area contributed by atoms with Crippen LogP contribution < -0.4 is 4.74 Å². The number of hydrogen-bond donors (Lipinski definition) is 1. The summed E-state index contributed by atoms with van der Waals surface area (Å²) in [5.41, 5.74) is 2.22. The average molecular weight is 298 g/mol. The molecule has 1 atom stereocenters. The number of phenols is 1. The van der Waals surface area contributed by atoms with Gasteiger partial charge in [-0.3, -0.25) is 4.79 Å². The lowest BCUT2D eigenvalue weighted by molar-refractivity contribution is -0.135. The smallest absolute Gasteiger partial charge is 0.318 e. The van der Waals surface area contributed by atoms with Crippen molar-refractivity contribution >= 4 is 5.97 Å². The Hall–Kier alpha value is -2.29. The molecule has 0 aliphatic rings. The third kappa shape index (κ3) is 4.35. The maximum Gasteiger partial charge on any atom is 0.318 e. The summed E-state index contributed by atoms with van der Waals surface area (Å²) in [7, 11) is 0. The van der Waals surface area contributed by atoms with Crippen LogP contribution in [0.15, 0.2) is 48.5 Å². The molecular weight excluding hydrogens is 276 g/mol. The maximum absolute atomic E-state index is 12.2. The van der Waals surface area contributed by atoms with E-state index in [1.54, 1.807) is 12.1 Å². The van der Waals surface area contributed by atoms with E-state index in [1.165, 1.54) is 17.7 Å². The van der Waals surface area contributed by atoms with Crippen LogP contribution in [-0.2, 0) is 11.2 Å². The molecule has 2 aromatic carbocycles. The molecule has 22 heavy (non-hydrogen) atoms. The molecule has 0 spiro atoms. The van der Waals surface area contributed by atoms with Gasteiger partial charge in [0, 0.05) is 0 Å². The number of ether oxygens (including phenoxy) is 1. The molecule has 0 fully saturated rings. The summed E-state index contributed by atoms with van der Waals surface area (Å²) in [5, 5.41) is 9.23. The van der Waals surface area contributed by atoms with Gasteiger partial charge in [0.1, 0.15) is 11.5 Å². The van der Waals surface area contributed by atoms with Gasteiger partial charge in [0.2, 0.25) is 0 Å². The first-order chi connectivity index (χ1) is 10.5. The van der Waals surface area contributed by atoms with Gasteiger partial charge in [0.05, 0.1) is 5.92 Å². The Morgan fingerprint density at radius 1 is 1.00 bits per heavy atom. The van der Waals surface area contributed by atoms with Gasteiger partial charge >= 0.3 is 5.97 Å². The molecule has 0 saturated heterocycles. The minimum absolute atomic E-state index is 0.147. The molecule has 0 aliphatic heterocycles. The second-order valence-corrected chi connectivity index (χ2v) is 5.98. The van der Waals surface area contributed by atoms with Crippen molar-refractivity contribution in [2.24, 2.45) is 5.92 Å². The molecule has 1 unspecified atom stereocenters. The molecule has 0 saturated carbocycles. The van der Waals surface area contributed by atoms with Crippen LogP contribution in [0.4, 0.5) is 0 Å². The molecule has 0 amide bonds. The number of phenolic OH excluding ortho intramolecular Hbond substituents is 1. The van der Waals surface area contributed by atoms with Gasteiger partial charge in [-0.05, 0) is 54.7 Å². The van der Waals surface area contributed by atoms with E-state index in [0.29, 0.717) is 11.7 Å². The Morgan fingerprint density at radius 2 is 1.59 bits per heavy atom. The molecule has 3 nitrogen and oxygen atoms in total. The molecule has 2 rings (SSSR count). The summed E-state index contributed by atoms with van der Waals surface area (Å²) in [5.74, 6) is 0.562. The van der Waals surface area contributed by atoms with Crippen molar-refractivity contribution in [2.75, 3.05) is 0 Å². The Morgan fingerprint density at radius 3 is 2.14 bits per heavy atom. The lowest BCUT2D eigenvalue weighted by atomic mass is 9.97. The minimum atomic E-state index is -0.332. The molecule has 116 valence electrons. The van der Waals surface area contributed by atoms with Gasteiger partial charge in [-0.25, -0.2) is 0 Å². The molecule has 0 aromatic heterocycles. The van der Waals surface area contributed by atoms with E-state index >= 15 is 0 Å². The van der Waals surface area contributed by atoms with Crippen molar-refractivity contribution in [3.63, 3.8) is 0 Å². The van der Waals surface area contributed by atoms with E-state index in [1.807, 2.05) is 19.1 Å². The number of benzene rings is 2. The first-order valence-corrected chi connectivity index (χ1v) is 7.55. The van der Waals surface area contributed by atoms with E-state index in [2.05, 4.69) is 26.0 Å². The van der Waals surface area contributed by atoms with Gasteiger partial charge in [-0.2, -0.15) is 0 Å². The van der Waals surface area contributed by atoms with Gasteiger partial charge in [-0.15, -0.1) is 0 Å². The predicted octanol–water partition coefficient (Wildman–Crippen LogP) is 4.30. The zero-order valence-electron chi connectivity index (χ0n) is 13.2. The van der Waals surface area contributed by atoms with Crippen molar-refractivity contribution in [3.05, 3.63) is 59.7 Å². The number of esters is 1.